The molecule has 0 amide bonds. The number of aliphatic hydroxyl groups is 1. The lowest BCUT2D eigenvalue weighted by atomic mass is 9.74. The van der Waals surface area contributed by atoms with E-state index in [9.17, 15) is 5.11 Å². The summed E-state index contributed by atoms with van der Waals surface area (Å²) in [7, 11) is 0. The molecule has 0 saturated heterocycles. The minimum absolute atomic E-state index is 0.436. The van der Waals surface area contributed by atoms with Crippen molar-refractivity contribution in [2.24, 2.45) is 11.7 Å². The number of hydrogen-bond acceptors (Lipinski definition) is 2. The summed E-state index contributed by atoms with van der Waals surface area (Å²) in [6.07, 6.45) is 5.53. The Kier molecular flexibility index (Phi) is 2.90. The van der Waals surface area contributed by atoms with Crippen molar-refractivity contribution in [2.45, 2.75) is 44.6 Å². The topological polar surface area (TPSA) is 46.2 Å². The van der Waals surface area contributed by atoms with Gasteiger partial charge in [-0.05, 0) is 18.8 Å². The summed E-state index contributed by atoms with van der Waals surface area (Å²) in [5, 5.41) is 10.0. The Bertz CT molecular complexity index is 127. The maximum atomic E-state index is 10.0. The highest BCUT2D eigenvalue weighted by Crippen LogP contribution is 2.34. The van der Waals surface area contributed by atoms with E-state index in [1.54, 1.807) is 0 Å². The molecule has 1 aliphatic carbocycles. The molecule has 3 N–H and O–H groups in total. The molecule has 1 rings (SSSR count). The molecule has 0 spiro atoms. The van der Waals surface area contributed by atoms with Crippen LogP contribution in [0.1, 0.15) is 39.0 Å². The molecule has 0 aliphatic heterocycles. The van der Waals surface area contributed by atoms with E-state index in [1.807, 2.05) is 0 Å². The highest BCUT2D eigenvalue weighted by molar-refractivity contribution is 4.89. The standard InChI is InChI=1S/C9H19NO/c1-2-8-5-3-4-6-9(8,11)7-10/h8,11H,2-7,10H2,1H3. The SMILES string of the molecule is CCC1CCCCC1(O)CN. The number of hydrogen-bond donors (Lipinski definition) is 2. The van der Waals surface area contributed by atoms with Gasteiger partial charge in [0, 0.05) is 6.54 Å². The lowest BCUT2D eigenvalue weighted by Crippen LogP contribution is -2.46. The van der Waals surface area contributed by atoms with Crippen molar-refractivity contribution in [1.29, 1.82) is 0 Å². The van der Waals surface area contributed by atoms with E-state index >= 15 is 0 Å². The number of rotatable bonds is 2. The largest absolute Gasteiger partial charge is 0.388 e. The van der Waals surface area contributed by atoms with Gasteiger partial charge in [0.2, 0.25) is 0 Å². The molecule has 1 saturated carbocycles. The fourth-order valence-electron chi connectivity index (χ4n) is 2.15. The third kappa shape index (κ3) is 1.74. The Morgan fingerprint density at radius 3 is 2.73 bits per heavy atom. The van der Waals surface area contributed by atoms with E-state index in [0.717, 1.165) is 25.7 Å². The lowest BCUT2D eigenvalue weighted by molar-refractivity contribution is -0.0413. The summed E-state index contributed by atoms with van der Waals surface area (Å²) in [5.74, 6) is 0.446. The van der Waals surface area contributed by atoms with Crippen molar-refractivity contribution in [3.63, 3.8) is 0 Å². The number of nitrogens with two attached hydrogens (primary N) is 1. The molecular formula is C9H19NO. The van der Waals surface area contributed by atoms with E-state index in [4.69, 9.17) is 5.73 Å². The van der Waals surface area contributed by atoms with E-state index in [0.29, 0.717) is 12.5 Å². The van der Waals surface area contributed by atoms with Crippen LogP contribution in [0, 0.1) is 5.92 Å². The molecule has 1 aliphatic rings. The van der Waals surface area contributed by atoms with Gasteiger partial charge in [0.05, 0.1) is 5.60 Å². The van der Waals surface area contributed by atoms with Gasteiger partial charge < -0.3 is 10.8 Å². The monoisotopic (exact) mass is 157 g/mol. The Labute approximate surface area is 68.8 Å². The quantitative estimate of drug-likeness (QED) is 0.634. The van der Waals surface area contributed by atoms with Gasteiger partial charge in [-0.1, -0.05) is 26.2 Å². The molecule has 0 bridgehead atoms. The van der Waals surface area contributed by atoms with Crippen LogP contribution in [0.15, 0.2) is 0 Å². The van der Waals surface area contributed by atoms with Crippen molar-refractivity contribution in [3.05, 3.63) is 0 Å². The van der Waals surface area contributed by atoms with E-state index < -0.39 is 5.60 Å². The van der Waals surface area contributed by atoms with E-state index in [2.05, 4.69) is 6.92 Å². The molecule has 0 aromatic carbocycles. The maximum Gasteiger partial charge on any atom is 0.0797 e. The molecule has 11 heavy (non-hydrogen) atoms. The van der Waals surface area contributed by atoms with Crippen LogP contribution >= 0.6 is 0 Å². The van der Waals surface area contributed by atoms with Crippen LogP contribution < -0.4 is 5.73 Å². The molecule has 0 heterocycles. The smallest absolute Gasteiger partial charge is 0.0797 e. The molecule has 0 radical (unpaired) electrons. The van der Waals surface area contributed by atoms with Gasteiger partial charge in [0.15, 0.2) is 0 Å². The average Bonchev–Trinajstić information content (AvgIpc) is 2.05. The summed E-state index contributed by atoms with van der Waals surface area (Å²) < 4.78 is 0. The summed E-state index contributed by atoms with van der Waals surface area (Å²) >= 11 is 0. The first kappa shape index (κ1) is 9.01. The summed E-state index contributed by atoms with van der Waals surface area (Å²) in [6, 6.07) is 0. The van der Waals surface area contributed by atoms with Crippen LogP contribution in [0.2, 0.25) is 0 Å². The van der Waals surface area contributed by atoms with Crippen LogP contribution in [0.25, 0.3) is 0 Å². The second-order valence-corrected chi connectivity index (χ2v) is 3.66. The lowest BCUT2D eigenvalue weighted by Gasteiger charge is -2.38. The minimum atomic E-state index is -0.535. The molecule has 0 aromatic heterocycles. The zero-order valence-corrected chi connectivity index (χ0v) is 7.34. The van der Waals surface area contributed by atoms with Gasteiger partial charge in [-0.15, -0.1) is 0 Å². The second-order valence-electron chi connectivity index (χ2n) is 3.66. The summed E-state index contributed by atoms with van der Waals surface area (Å²) in [4.78, 5) is 0. The first-order valence-corrected chi connectivity index (χ1v) is 4.65. The van der Waals surface area contributed by atoms with E-state index in [-0.39, 0.29) is 0 Å². The molecule has 66 valence electrons. The Balaban J connectivity index is 2.57. The van der Waals surface area contributed by atoms with Crippen LogP contribution in [0.5, 0.6) is 0 Å². The van der Waals surface area contributed by atoms with Gasteiger partial charge in [-0.3, -0.25) is 0 Å². The van der Waals surface area contributed by atoms with Crippen molar-refractivity contribution < 1.29 is 5.11 Å². The van der Waals surface area contributed by atoms with Gasteiger partial charge >= 0.3 is 0 Å². The average molecular weight is 157 g/mol. The molecule has 2 nitrogen and oxygen atoms in total. The molecule has 2 atom stereocenters. The van der Waals surface area contributed by atoms with Gasteiger partial charge in [0.25, 0.3) is 0 Å². The van der Waals surface area contributed by atoms with Crippen molar-refractivity contribution in [1.82, 2.24) is 0 Å². The minimum Gasteiger partial charge on any atom is -0.388 e. The van der Waals surface area contributed by atoms with Crippen molar-refractivity contribution in [2.75, 3.05) is 6.54 Å². The van der Waals surface area contributed by atoms with Gasteiger partial charge in [-0.25, -0.2) is 0 Å². The highest BCUT2D eigenvalue weighted by Gasteiger charge is 2.35. The zero-order valence-electron chi connectivity index (χ0n) is 7.34. The van der Waals surface area contributed by atoms with Crippen molar-refractivity contribution >= 4 is 0 Å². The first-order valence-electron chi connectivity index (χ1n) is 4.65. The Morgan fingerprint density at radius 1 is 1.55 bits per heavy atom. The Hall–Kier alpha value is -0.0800. The predicted molar refractivity (Wildman–Crippen MR) is 46.3 cm³/mol. The fraction of sp³-hybridized carbons (Fsp3) is 1.00. The molecular weight excluding hydrogens is 138 g/mol. The van der Waals surface area contributed by atoms with Gasteiger partial charge in [-0.2, -0.15) is 0 Å². The molecule has 2 heteroatoms. The molecule has 1 fully saturated rings. The summed E-state index contributed by atoms with van der Waals surface area (Å²) in [6.45, 7) is 2.57. The first-order chi connectivity index (χ1) is 5.23. The normalized spacial score (nSPS) is 39.0. The van der Waals surface area contributed by atoms with Crippen LogP contribution in [0.3, 0.4) is 0 Å². The fourth-order valence-corrected chi connectivity index (χ4v) is 2.15. The van der Waals surface area contributed by atoms with Gasteiger partial charge in [0.1, 0.15) is 0 Å². The van der Waals surface area contributed by atoms with E-state index in [1.165, 1.54) is 6.42 Å². The summed E-state index contributed by atoms with van der Waals surface area (Å²) in [5.41, 5.74) is 5.02. The Morgan fingerprint density at radius 2 is 2.27 bits per heavy atom. The third-order valence-corrected chi connectivity index (χ3v) is 3.02. The predicted octanol–water partition coefficient (Wildman–Crippen LogP) is 1.28. The van der Waals surface area contributed by atoms with Crippen LogP contribution in [0.4, 0.5) is 0 Å². The van der Waals surface area contributed by atoms with Crippen molar-refractivity contribution in [3.8, 4) is 0 Å². The van der Waals surface area contributed by atoms with Crippen LogP contribution in [-0.2, 0) is 0 Å². The second kappa shape index (κ2) is 3.55. The third-order valence-electron chi connectivity index (χ3n) is 3.02. The zero-order chi connectivity index (χ0) is 8.32. The highest BCUT2D eigenvalue weighted by atomic mass is 16.3. The maximum absolute atomic E-state index is 10.0. The molecule has 2 unspecified atom stereocenters. The van der Waals surface area contributed by atoms with Crippen LogP contribution in [-0.4, -0.2) is 17.3 Å². The molecule has 0 aromatic rings.